The van der Waals surface area contributed by atoms with Gasteiger partial charge in [0.2, 0.25) is 0 Å². The summed E-state index contributed by atoms with van der Waals surface area (Å²) in [6, 6.07) is 4.99. The largest absolute Gasteiger partial charge is 0.504 e. The third-order valence-electron chi connectivity index (χ3n) is 2.96. The normalized spacial score (nSPS) is 14.3. The van der Waals surface area contributed by atoms with Gasteiger partial charge in [-0.2, -0.15) is 0 Å². The lowest BCUT2D eigenvalue weighted by Crippen LogP contribution is -2.29. The molecule has 2 aromatic rings. The quantitative estimate of drug-likeness (QED) is 0.845. The Hall–Kier alpha value is -2.08. The molecule has 0 spiro atoms. The number of phenols is 1. The van der Waals surface area contributed by atoms with Crippen LogP contribution in [0.2, 0.25) is 0 Å². The summed E-state index contributed by atoms with van der Waals surface area (Å²) in [7, 11) is 1.49. The van der Waals surface area contributed by atoms with E-state index in [1.807, 2.05) is 0 Å². The number of aromatic hydroxyl groups is 1. The van der Waals surface area contributed by atoms with E-state index in [4.69, 9.17) is 4.74 Å². The number of ether oxygens (including phenoxy) is 1. The Labute approximate surface area is 112 Å². The van der Waals surface area contributed by atoms with E-state index in [-0.39, 0.29) is 11.3 Å². The predicted molar refractivity (Wildman–Crippen MR) is 72.5 cm³/mol. The monoisotopic (exact) mass is 276 g/mol. The van der Waals surface area contributed by atoms with Gasteiger partial charge in [0.25, 0.3) is 5.56 Å². The van der Waals surface area contributed by atoms with Crippen molar-refractivity contribution in [2.24, 2.45) is 4.99 Å². The molecule has 0 unspecified atom stereocenters. The topological polar surface area (TPSA) is 63.8 Å². The van der Waals surface area contributed by atoms with Gasteiger partial charge in [0.15, 0.2) is 16.3 Å². The molecule has 1 aliphatic heterocycles. The van der Waals surface area contributed by atoms with Crippen LogP contribution in [0.4, 0.5) is 0 Å². The van der Waals surface area contributed by atoms with Gasteiger partial charge in [-0.3, -0.25) is 14.4 Å². The molecule has 2 heterocycles. The second kappa shape index (κ2) is 4.55. The van der Waals surface area contributed by atoms with Crippen molar-refractivity contribution in [3.63, 3.8) is 0 Å². The zero-order valence-corrected chi connectivity index (χ0v) is 11.1. The van der Waals surface area contributed by atoms with E-state index in [1.54, 1.807) is 28.8 Å². The minimum Gasteiger partial charge on any atom is -0.504 e. The Morgan fingerprint density at radius 1 is 1.53 bits per heavy atom. The van der Waals surface area contributed by atoms with E-state index in [0.29, 0.717) is 23.4 Å². The van der Waals surface area contributed by atoms with Crippen LogP contribution in [0.15, 0.2) is 28.0 Å². The molecule has 98 valence electrons. The molecule has 1 N–H and O–H groups in total. The van der Waals surface area contributed by atoms with Crippen LogP contribution in [0.25, 0.3) is 6.08 Å². The molecular formula is C13H12N2O3S. The number of benzene rings is 1. The highest BCUT2D eigenvalue weighted by atomic mass is 32.1. The summed E-state index contributed by atoms with van der Waals surface area (Å²) in [6.45, 7) is 1.35. The third-order valence-corrected chi connectivity index (χ3v) is 4.00. The highest BCUT2D eigenvalue weighted by molar-refractivity contribution is 7.07. The molecule has 5 nitrogen and oxygen atoms in total. The molecular weight excluding hydrogens is 264 g/mol. The molecule has 0 radical (unpaired) electrons. The molecule has 0 amide bonds. The first-order chi connectivity index (χ1) is 9.19. The van der Waals surface area contributed by atoms with Crippen LogP contribution in [0.5, 0.6) is 11.5 Å². The molecule has 0 fully saturated rings. The number of fused-ring (bicyclic) bond motifs is 1. The van der Waals surface area contributed by atoms with Crippen LogP contribution < -0.4 is 19.6 Å². The van der Waals surface area contributed by atoms with E-state index >= 15 is 0 Å². The fourth-order valence-electron chi connectivity index (χ4n) is 2.00. The van der Waals surface area contributed by atoms with Gasteiger partial charge in [-0.15, -0.1) is 0 Å². The third kappa shape index (κ3) is 2.04. The zero-order valence-electron chi connectivity index (χ0n) is 10.3. The van der Waals surface area contributed by atoms with Crippen molar-refractivity contribution in [3.05, 3.63) is 43.5 Å². The lowest BCUT2D eigenvalue weighted by Gasteiger charge is -2.03. The van der Waals surface area contributed by atoms with Crippen LogP contribution in [-0.4, -0.2) is 23.3 Å². The number of phenolic OH excluding ortho intramolecular Hbond substituents is 1. The number of rotatable bonds is 2. The van der Waals surface area contributed by atoms with Crippen molar-refractivity contribution in [1.29, 1.82) is 0 Å². The molecule has 1 aliphatic rings. The van der Waals surface area contributed by atoms with Gasteiger partial charge < -0.3 is 9.84 Å². The van der Waals surface area contributed by atoms with Crippen LogP contribution in [0, 0.1) is 0 Å². The van der Waals surface area contributed by atoms with E-state index < -0.39 is 0 Å². The number of nitrogens with zero attached hydrogens (tertiary/aromatic N) is 2. The van der Waals surface area contributed by atoms with Gasteiger partial charge in [-0.05, 0) is 23.8 Å². The smallest absolute Gasteiger partial charge is 0.270 e. The van der Waals surface area contributed by atoms with Crippen LogP contribution in [0.3, 0.4) is 0 Å². The summed E-state index contributed by atoms with van der Waals surface area (Å²) in [4.78, 5) is 17.1. The van der Waals surface area contributed by atoms with Gasteiger partial charge in [-0.1, -0.05) is 17.4 Å². The number of aromatic nitrogens is 1. The fraction of sp³-hybridized carbons (Fsp3) is 0.231. The summed E-state index contributed by atoms with van der Waals surface area (Å²) in [5.74, 6) is 0.475. The van der Waals surface area contributed by atoms with Gasteiger partial charge in [0.05, 0.1) is 18.2 Å². The van der Waals surface area contributed by atoms with Gasteiger partial charge in [0, 0.05) is 6.54 Å². The maximum atomic E-state index is 12.1. The van der Waals surface area contributed by atoms with Crippen molar-refractivity contribution in [3.8, 4) is 11.5 Å². The Kier molecular flexibility index (Phi) is 2.87. The minimum absolute atomic E-state index is 0.00621. The molecule has 6 heteroatoms. The minimum atomic E-state index is -0.00621. The van der Waals surface area contributed by atoms with Crippen molar-refractivity contribution in [1.82, 2.24) is 4.57 Å². The molecule has 0 saturated carbocycles. The van der Waals surface area contributed by atoms with Gasteiger partial charge >= 0.3 is 0 Å². The van der Waals surface area contributed by atoms with Crippen LogP contribution in [0.1, 0.15) is 5.56 Å². The first-order valence-corrected chi connectivity index (χ1v) is 6.63. The second-order valence-corrected chi connectivity index (χ2v) is 5.17. The maximum absolute atomic E-state index is 12.1. The summed E-state index contributed by atoms with van der Waals surface area (Å²) in [6.07, 6.45) is 1.79. The summed E-state index contributed by atoms with van der Waals surface area (Å²) >= 11 is 1.39. The average molecular weight is 276 g/mol. The van der Waals surface area contributed by atoms with Gasteiger partial charge in [0.1, 0.15) is 0 Å². The Morgan fingerprint density at radius 3 is 3.11 bits per heavy atom. The van der Waals surface area contributed by atoms with E-state index in [9.17, 15) is 9.90 Å². The Bertz CT molecular complexity index is 804. The maximum Gasteiger partial charge on any atom is 0.270 e. The fourth-order valence-corrected chi connectivity index (χ4v) is 3.03. The van der Waals surface area contributed by atoms with Gasteiger partial charge in [-0.25, -0.2) is 0 Å². The molecule has 0 bridgehead atoms. The van der Waals surface area contributed by atoms with Crippen LogP contribution in [-0.2, 0) is 6.54 Å². The number of thiazole rings is 1. The molecule has 0 saturated heterocycles. The number of methoxy groups -OCH3 is 1. The number of hydrogen-bond acceptors (Lipinski definition) is 5. The van der Waals surface area contributed by atoms with Crippen LogP contribution >= 0.6 is 11.3 Å². The standard InChI is InChI=1S/C13H12N2O3S/c1-18-10-6-8(2-3-9(10)16)7-11-12(17)15-5-4-14-13(15)19-11/h2-3,6-7,16H,4-5H2,1H3. The van der Waals surface area contributed by atoms with Crippen molar-refractivity contribution in [2.45, 2.75) is 6.54 Å². The highest BCUT2D eigenvalue weighted by Gasteiger charge is 2.09. The second-order valence-electron chi connectivity index (χ2n) is 4.16. The van der Waals surface area contributed by atoms with E-state index in [2.05, 4.69) is 4.99 Å². The highest BCUT2D eigenvalue weighted by Crippen LogP contribution is 2.26. The molecule has 0 atom stereocenters. The predicted octanol–water partition coefficient (Wildman–Crippen LogP) is 0.0860. The lowest BCUT2D eigenvalue weighted by molar-refractivity contribution is 0.373. The lowest BCUT2D eigenvalue weighted by atomic mass is 10.2. The first-order valence-electron chi connectivity index (χ1n) is 5.82. The van der Waals surface area contributed by atoms with Crippen molar-refractivity contribution >= 4 is 17.4 Å². The molecule has 0 aliphatic carbocycles. The first kappa shape index (κ1) is 12.0. The zero-order chi connectivity index (χ0) is 13.4. The molecule has 1 aromatic carbocycles. The van der Waals surface area contributed by atoms with E-state index in [1.165, 1.54) is 18.4 Å². The van der Waals surface area contributed by atoms with E-state index in [0.717, 1.165) is 10.4 Å². The molecule has 3 rings (SSSR count). The summed E-state index contributed by atoms with van der Waals surface area (Å²) in [5.41, 5.74) is 0.806. The molecule has 19 heavy (non-hydrogen) atoms. The molecule has 1 aromatic heterocycles. The number of hydrogen-bond donors (Lipinski definition) is 1. The van der Waals surface area contributed by atoms with Crippen molar-refractivity contribution < 1.29 is 9.84 Å². The average Bonchev–Trinajstić information content (AvgIpc) is 2.96. The summed E-state index contributed by atoms with van der Waals surface area (Å²) < 4.78 is 7.38. The van der Waals surface area contributed by atoms with Crippen molar-refractivity contribution in [2.75, 3.05) is 13.7 Å². The Balaban J connectivity index is 2.14. The summed E-state index contributed by atoms with van der Waals surface area (Å²) in [5, 5.41) is 9.53. The SMILES string of the molecule is COc1cc(C=c2sc3n(c2=O)CCN=3)ccc1O. The Morgan fingerprint density at radius 2 is 2.37 bits per heavy atom.